The fourth-order valence-corrected chi connectivity index (χ4v) is 3.07. The Bertz CT molecular complexity index is 379. The summed E-state index contributed by atoms with van der Waals surface area (Å²) < 4.78 is 0. The molecule has 0 unspecified atom stereocenters. The fourth-order valence-electron chi connectivity index (χ4n) is 2.05. The maximum Gasteiger partial charge on any atom is 0.269 e. The van der Waals surface area contributed by atoms with E-state index in [4.69, 9.17) is 0 Å². The molecule has 0 heterocycles. The van der Waals surface area contributed by atoms with Gasteiger partial charge in [-0.05, 0) is 42.8 Å². The Morgan fingerprint density at radius 1 is 1.00 bits per heavy atom. The highest BCUT2D eigenvalue weighted by Gasteiger charge is 2.03. The molecule has 0 fully saturated rings. The Morgan fingerprint density at radius 3 is 2.25 bits per heavy atom. The van der Waals surface area contributed by atoms with Crippen LogP contribution in [0.5, 0.6) is 0 Å². The number of non-ortho nitro benzene ring substituents is 1. The van der Waals surface area contributed by atoms with Gasteiger partial charge in [0, 0.05) is 12.1 Å². The number of hydrogen-bond acceptors (Lipinski definition) is 3. The number of nitrogens with zero attached hydrogens (tertiary/aromatic N) is 1. The zero-order chi connectivity index (χ0) is 14.6. The monoisotopic (exact) mass is 295 g/mol. The minimum absolute atomic E-state index is 0.177. The highest BCUT2D eigenvalue weighted by molar-refractivity contribution is 7.99. The van der Waals surface area contributed by atoms with E-state index in [2.05, 4.69) is 18.7 Å². The third kappa shape index (κ3) is 7.53. The van der Waals surface area contributed by atoms with Crippen molar-refractivity contribution < 1.29 is 4.92 Å². The van der Waals surface area contributed by atoms with Crippen LogP contribution in [0.4, 0.5) is 5.69 Å². The van der Waals surface area contributed by atoms with Gasteiger partial charge < -0.3 is 0 Å². The maximum atomic E-state index is 10.5. The van der Waals surface area contributed by atoms with E-state index in [-0.39, 0.29) is 10.6 Å². The normalized spacial score (nSPS) is 10.7. The molecule has 0 aliphatic carbocycles. The van der Waals surface area contributed by atoms with E-state index in [9.17, 15) is 10.1 Å². The molecule has 0 radical (unpaired) electrons. The summed E-state index contributed by atoms with van der Waals surface area (Å²) in [4.78, 5) is 10.2. The zero-order valence-electron chi connectivity index (χ0n) is 12.3. The summed E-state index contributed by atoms with van der Waals surface area (Å²) in [5.74, 6) is 2.52. The third-order valence-corrected chi connectivity index (χ3v) is 4.45. The number of aryl methyl sites for hydroxylation is 1. The van der Waals surface area contributed by atoms with Gasteiger partial charge in [-0.15, -0.1) is 0 Å². The summed E-state index contributed by atoms with van der Waals surface area (Å²) in [6, 6.07) is 6.93. The standard InChI is InChI=1S/C16H25NO2S/c1-2-3-4-6-13-20-14-7-5-8-15-9-11-16(12-10-15)17(18)19/h9-12H,2-8,13-14H2,1H3. The Labute approximate surface area is 126 Å². The summed E-state index contributed by atoms with van der Waals surface area (Å²) in [6.45, 7) is 2.24. The first-order valence-electron chi connectivity index (χ1n) is 7.55. The van der Waals surface area contributed by atoms with Gasteiger partial charge in [0.05, 0.1) is 4.92 Å². The van der Waals surface area contributed by atoms with Crippen molar-refractivity contribution in [2.45, 2.75) is 51.9 Å². The topological polar surface area (TPSA) is 43.1 Å². The van der Waals surface area contributed by atoms with Gasteiger partial charge >= 0.3 is 0 Å². The molecule has 1 aromatic rings. The minimum Gasteiger partial charge on any atom is -0.258 e. The molecule has 3 nitrogen and oxygen atoms in total. The SMILES string of the molecule is CCCCCCSCCCCc1ccc([N+](=O)[O-])cc1. The molecule has 4 heteroatoms. The van der Waals surface area contributed by atoms with Crippen LogP contribution in [0.25, 0.3) is 0 Å². The predicted molar refractivity (Wildman–Crippen MR) is 87.5 cm³/mol. The van der Waals surface area contributed by atoms with Gasteiger partial charge in [0.2, 0.25) is 0 Å². The van der Waals surface area contributed by atoms with Crippen molar-refractivity contribution in [2.24, 2.45) is 0 Å². The molecule has 0 aliphatic rings. The van der Waals surface area contributed by atoms with Crippen molar-refractivity contribution in [1.82, 2.24) is 0 Å². The van der Waals surface area contributed by atoms with Crippen LogP contribution in [0.15, 0.2) is 24.3 Å². The molecule has 0 aliphatic heterocycles. The molecule has 20 heavy (non-hydrogen) atoms. The number of nitro groups is 1. The number of unbranched alkanes of at least 4 members (excludes halogenated alkanes) is 4. The second kappa shape index (κ2) is 10.7. The van der Waals surface area contributed by atoms with E-state index in [0.29, 0.717) is 0 Å². The second-order valence-electron chi connectivity index (χ2n) is 5.05. The van der Waals surface area contributed by atoms with Crippen molar-refractivity contribution in [3.63, 3.8) is 0 Å². The molecule has 0 saturated carbocycles. The highest BCUT2D eigenvalue weighted by Crippen LogP contribution is 2.15. The van der Waals surface area contributed by atoms with E-state index >= 15 is 0 Å². The van der Waals surface area contributed by atoms with E-state index in [0.717, 1.165) is 6.42 Å². The molecular formula is C16H25NO2S. The van der Waals surface area contributed by atoms with Crippen LogP contribution in [0.1, 0.15) is 51.0 Å². The first kappa shape index (κ1) is 17.0. The van der Waals surface area contributed by atoms with Crippen molar-refractivity contribution in [3.05, 3.63) is 39.9 Å². The largest absolute Gasteiger partial charge is 0.269 e. The summed E-state index contributed by atoms with van der Waals surface area (Å²) in [7, 11) is 0. The molecular weight excluding hydrogens is 270 g/mol. The van der Waals surface area contributed by atoms with Crippen LogP contribution in [-0.4, -0.2) is 16.4 Å². The maximum absolute atomic E-state index is 10.5. The van der Waals surface area contributed by atoms with Gasteiger partial charge in [-0.2, -0.15) is 11.8 Å². The number of thioether (sulfide) groups is 1. The van der Waals surface area contributed by atoms with Gasteiger partial charge in [0.15, 0.2) is 0 Å². The van der Waals surface area contributed by atoms with E-state index in [1.54, 1.807) is 12.1 Å². The summed E-state index contributed by atoms with van der Waals surface area (Å²) in [6.07, 6.45) is 8.80. The van der Waals surface area contributed by atoms with E-state index < -0.39 is 0 Å². The van der Waals surface area contributed by atoms with Crippen LogP contribution < -0.4 is 0 Å². The Hall–Kier alpha value is -1.03. The molecule has 0 bridgehead atoms. The van der Waals surface area contributed by atoms with Crippen LogP contribution >= 0.6 is 11.8 Å². The molecule has 0 spiro atoms. The Kier molecular flexibility index (Phi) is 9.13. The van der Waals surface area contributed by atoms with Gasteiger partial charge in [-0.1, -0.05) is 38.3 Å². The van der Waals surface area contributed by atoms with Crippen molar-refractivity contribution in [1.29, 1.82) is 0 Å². The quantitative estimate of drug-likeness (QED) is 0.319. The first-order chi connectivity index (χ1) is 9.74. The lowest BCUT2D eigenvalue weighted by Crippen LogP contribution is -1.91. The lowest BCUT2D eigenvalue weighted by molar-refractivity contribution is -0.384. The molecule has 112 valence electrons. The lowest BCUT2D eigenvalue weighted by atomic mass is 10.1. The Balaban J connectivity index is 2.02. The number of rotatable bonds is 11. The number of benzene rings is 1. The summed E-state index contributed by atoms with van der Waals surface area (Å²) in [5.41, 5.74) is 1.37. The van der Waals surface area contributed by atoms with E-state index in [1.165, 1.54) is 55.6 Å². The average molecular weight is 295 g/mol. The summed E-state index contributed by atoms with van der Waals surface area (Å²) in [5, 5.41) is 10.5. The van der Waals surface area contributed by atoms with Crippen molar-refractivity contribution in [3.8, 4) is 0 Å². The van der Waals surface area contributed by atoms with Crippen molar-refractivity contribution in [2.75, 3.05) is 11.5 Å². The van der Waals surface area contributed by atoms with Gasteiger partial charge in [-0.25, -0.2) is 0 Å². The van der Waals surface area contributed by atoms with Gasteiger partial charge in [-0.3, -0.25) is 10.1 Å². The molecule has 0 aromatic heterocycles. The molecule has 0 atom stereocenters. The number of hydrogen-bond donors (Lipinski definition) is 0. The minimum atomic E-state index is -0.348. The smallest absolute Gasteiger partial charge is 0.258 e. The third-order valence-electron chi connectivity index (χ3n) is 3.29. The summed E-state index contributed by atoms with van der Waals surface area (Å²) >= 11 is 2.06. The lowest BCUT2D eigenvalue weighted by Gasteiger charge is -2.03. The van der Waals surface area contributed by atoms with Gasteiger partial charge in [0.1, 0.15) is 0 Å². The molecule has 0 saturated heterocycles. The van der Waals surface area contributed by atoms with Crippen molar-refractivity contribution >= 4 is 17.4 Å². The van der Waals surface area contributed by atoms with Crippen LogP contribution in [0.3, 0.4) is 0 Å². The second-order valence-corrected chi connectivity index (χ2v) is 6.28. The average Bonchev–Trinajstić information content (AvgIpc) is 2.46. The fraction of sp³-hybridized carbons (Fsp3) is 0.625. The highest BCUT2D eigenvalue weighted by atomic mass is 32.2. The van der Waals surface area contributed by atoms with Crippen LogP contribution in [0.2, 0.25) is 0 Å². The Morgan fingerprint density at radius 2 is 1.65 bits per heavy atom. The van der Waals surface area contributed by atoms with Crippen LogP contribution in [0, 0.1) is 10.1 Å². The molecule has 0 N–H and O–H groups in total. The number of nitro benzene ring substituents is 1. The molecule has 0 amide bonds. The predicted octanol–water partition coefficient (Wildman–Crippen LogP) is 5.23. The van der Waals surface area contributed by atoms with Crippen LogP contribution in [-0.2, 0) is 6.42 Å². The molecule has 1 rings (SSSR count). The molecule has 1 aromatic carbocycles. The van der Waals surface area contributed by atoms with E-state index in [1.807, 2.05) is 12.1 Å². The zero-order valence-corrected chi connectivity index (χ0v) is 13.2. The van der Waals surface area contributed by atoms with Gasteiger partial charge in [0.25, 0.3) is 5.69 Å². The first-order valence-corrected chi connectivity index (χ1v) is 8.70.